The maximum atomic E-state index is 14.3. The van der Waals surface area contributed by atoms with Crippen molar-refractivity contribution in [3.8, 4) is 10.8 Å². The number of hydrogen-bond donors (Lipinski definition) is 2. The van der Waals surface area contributed by atoms with Gasteiger partial charge in [-0.25, -0.2) is 13.8 Å². The van der Waals surface area contributed by atoms with E-state index in [1.165, 1.54) is 47.1 Å². The van der Waals surface area contributed by atoms with Crippen molar-refractivity contribution >= 4 is 27.5 Å². The average molecular weight is 559 g/mol. The normalized spacial score (nSPS) is 16.4. The quantitative estimate of drug-likeness (QED) is 0.315. The average Bonchev–Trinajstić information content (AvgIpc) is 3.57. The van der Waals surface area contributed by atoms with E-state index in [1.54, 1.807) is 6.92 Å². The zero-order valence-corrected chi connectivity index (χ0v) is 22.1. The van der Waals surface area contributed by atoms with Crippen LogP contribution in [0.3, 0.4) is 0 Å². The van der Waals surface area contributed by atoms with E-state index in [0.717, 1.165) is 15.9 Å². The number of carbonyl (C=O) groups excluding carboxylic acids is 1. The van der Waals surface area contributed by atoms with Crippen molar-refractivity contribution in [3.63, 3.8) is 0 Å². The fourth-order valence-corrected chi connectivity index (χ4v) is 6.08. The number of aliphatic hydroxyl groups excluding tert-OH is 1. The van der Waals surface area contributed by atoms with Gasteiger partial charge in [0.15, 0.2) is 0 Å². The summed E-state index contributed by atoms with van der Waals surface area (Å²) >= 11 is 1.14. The molecule has 2 N–H and O–H groups in total. The van der Waals surface area contributed by atoms with E-state index in [1.807, 2.05) is 0 Å². The largest absolute Gasteiger partial charge is 0.496 e. The summed E-state index contributed by atoms with van der Waals surface area (Å²) < 4.78 is 28.0. The minimum atomic E-state index is -0.986. The lowest BCUT2D eigenvalue weighted by Gasteiger charge is -2.26. The van der Waals surface area contributed by atoms with Gasteiger partial charge in [0.05, 0.1) is 44.6 Å². The third-order valence-corrected chi connectivity index (χ3v) is 7.96. The summed E-state index contributed by atoms with van der Waals surface area (Å²) in [5.41, 5.74) is -0.423. The molecule has 1 fully saturated rings. The Morgan fingerprint density at radius 3 is 2.72 bits per heavy atom. The Labute approximate surface area is 225 Å². The third-order valence-electron chi connectivity index (χ3n) is 6.68. The van der Waals surface area contributed by atoms with Crippen molar-refractivity contribution in [2.45, 2.75) is 38.5 Å². The Balaban J connectivity index is 1.76. The Kier molecular flexibility index (Phi) is 7.59. The van der Waals surface area contributed by atoms with Crippen LogP contribution in [0.25, 0.3) is 15.2 Å². The van der Waals surface area contributed by atoms with Gasteiger partial charge in [-0.2, -0.15) is 10.2 Å². The lowest BCUT2D eigenvalue weighted by atomic mass is 10.1. The molecule has 2 unspecified atom stereocenters. The first-order valence-corrected chi connectivity index (χ1v) is 13.2. The maximum Gasteiger partial charge on any atom is 0.332 e. The van der Waals surface area contributed by atoms with E-state index in [-0.39, 0.29) is 25.1 Å². The van der Waals surface area contributed by atoms with Crippen molar-refractivity contribution in [3.05, 3.63) is 68.4 Å². The molecule has 0 spiro atoms. The fraction of sp³-hybridized carbons (Fsp3) is 0.400. The molecule has 1 aliphatic rings. The maximum absolute atomic E-state index is 14.3. The van der Waals surface area contributed by atoms with Crippen LogP contribution >= 0.6 is 11.3 Å². The number of aliphatic hydroxyl groups is 1. The molecule has 0 radical (unpaired) electrons. The summed E-state index contributed by atoms with van der Waals surface area (Å²) in [6.45, 7) is 1.62. The van der Waals surface area contributed by atoms with Crippen LogP contribution in [0.1, 0.15) is 36.1 Å². The van der Waals surface area contributed by atoms with E-state index in [9.17, 15) is 23.9 Å². The van der Waals surface area contributed by atoms with Gasteiger partial charge in [-0.05, 0) is 38.0 Å². The van der Waals surface area contributed by atoms with E-state index < -0.39 is 35.1 Å². The van der Waals surface area contributed by atoms with Gasteiger partial charge < -0.3 is 19.9 Å². The first-order chi connectivity index (χ1) is 18.8. The van der Waals surface area contributed by atoms with Crippen LogP contribution in [0, 0.1) is 12.7 Å². The summed E-state index contributed by atoms with van der Waals surface area (Å²) in [6, 6.07) is 2.94. The molecule has 14 heteroatoms. The number of piperidine rings is 1. The van der Waals surface area contributed by atoms with E-state index in [4.69, 9.17) is 9.47 Å². The van der Waals surface area contributed by atoms with Crippen molar-refractivity contribution < 1.29 is 23.8 Å². The number of carbonyl (C=O) groups is 1. The number of aromatic nitrogens is 5. The van der Waals surface area contributed by atoms with Gasteiger partial charge in [0.25, 0.3) is 5.56 Å². The molecule has 1 amide bonds. The number of benzene rings is 1. The predicted octanol–water partition coefficient (Wildman–Crippen LogP) is 1.46. The molecule has 39 heavy (non-hydrogen) atoms. The van der Waals surface area contributed by atoms with Crippen LogP contribution in [-0.4, -0.2) is 62.0 Å². The van der Waals surface area contributed by atoms with Gasteiger partial charge in [-0.15, -0.1) is 4.80 Å². The predicted molar refractivity (Wildman–Crippen MR) is 140 cm³/mol. The van der Waals surface area contributed by atoms with Crippen LogP contribution in [0.15, 0.2) is 40.2 Å². The van der Waals surface area contributed by atoms with E-state index in [0.29, 0.717) is 46.1 Å². The molecule has 0 saturated carbocycles. The van der Waals surface area contributed by atoms with Gasteiger partial charge in [0, 0.05) is 17.7 Å². The molecular formula is C25H27FN6O6S. The van der Waals surface area contributed by atoms with Gasteiger partial charge in [0.1, 0.15) is 33.5 Å². The number of thiophene rings is 1. The highest BCUT2D eigenvalue weighted by atomic mass is 32.1. The highest BCUT2D eigenvalue weighted by Crippen LogP contribution is 2.34. The molecule has 206 valence electrons. The number of methoxy groups -OCH3 is 1. The highest BCUT2D eigenvalue weighted by Gasteiger charge is 2.31. The molecule has 1 aliphatic heterocycles. The second kappa shape index (κ2) is 11.1. The Bertz CT molecular complexity index is 1630. The summed E-state index contributed by atoms with van der Waals surface area (Å²) in [5, 5.41) is 21.3. The molecule has 0 aliphatic carbocycles. The first-order valence-electron chi connectivity index (χ1n) is 12.3. The summed E-state index contributed by atoms with van der Waals surface area (Å²) in [4.78, 5) is 42.3. The second-order valence-corrected chi connectivity index (χ2v) is 10.00. The SMILES string of the molecule is COc1ccc(F)cc1C(Cn1c(=O)n(C2CCCNC2=O)c(=O)c2c(C)c(-n3nccn3)sc21)OCCO. The number of halogens is 1. The molecule has 0 bridgehead atoms. The van der Waals surface area contributed by atoms with Gasteiger partial charge >= 0.3 is 5.69 Å². The lowest BCUT2D eigenvalue weighted by Crippen LogP contribution is -2.49. The van der Waals surface area contributed by atoms with Crippen LogP contribution < -0.4 is 21.3 Å². The standard InChI is InChI=1S/C25H27FN6O6S/c1-14-20-22(35)31(17-4-3-7-27-21(17)34)25(36)30(24(20)39-23(14)32-28-8-9-29-32)13-19(38-11-10-33)16-12-15(26)5-6-18(16)37-2/h5-6,8-9,12,17,19,33H,3-4,7,10-11,13H2,1-2H3,(H,27,34). The minimum Gasteiger partial charge on any atom is -0.496 e. The third kappa shape index (κ3) is 4.86. The monoisotopic (exact) mass is 558 g/mol. The summed E-state index contributed by atoms with van der Waals surface area (Å²) in [7, 11) is 1.43. The van der Waals surface area contributed by atoms with Gasteiger partial charge in [-0.1, -0.05) is 11.3 Å². The molecular weight excluding hydrogens is 531 g/mol. The number of nitrogens with one attached hydrogen (secondary N) is 1. The van der Waals surface area contributed by atoms with Crippen molar-refractivity contribution in [1.29, 1.82) is 0 Å². The molecule has 4 aromatic rings. The summed E-state index contributed by atoms with van der Waals surface area (Å²) in [6.07, 6.45) is 2.98. The molecule has 12 nitrogen and oxygen atoms in total. The number of amides is 1. The number of aryl methyl sites for hydroxylation is 1. The Morgan fingerprint density at radius 2 is 2.03 bits per heavy atom. The van der Waals surface area contributed by atoms with E-state index in [2.05, 4.69) is 15.5 Å². The Hall–Kier alpha value is -3.88. The molecule has 1 saturated heterocycles. The molecule has 5 rings (SSSR count). The van der Waals surface area contributed by atoms with Gasteiger partial charge in [-0.3, -0.25) is 14.2 Å². The zero-order valence-electron chi connectivity index (χ0n) is 21.3. The fourth-order valence-electron chi connectivity index (χ4n) is 4.86. The first kappa shape index (κ1) is 26.7. The van der Waals surface area contributed by atoms with Gasteiger partial charge in [0.2, 0.25) is 5.91 Å². The number of rotatable bonds is 9. The van der Waals surface area contributed by atoms with Crippen LogP contribution in [0.2, 0.25) is 0 Å². The van der Waals surface area contributed by atoms with Crippen LogP contribution in [0.4, 0.5) is 4.39 Å². The molecule has 1 aromatic carbocycles. The van der Waals surface area contributed by atoms with E-state index >= 15 is 0 Å². The second-order valence-electron chi connectivity index (χ2n) is 9.02. The highest BCUT2D eigenvalue weighted by molar-refractivity contribution is 7.21. The van der Waals surface area contributed by atoms with Crippen molar-refractivity contribution in [2.24, 2.45) is 0 Å². The van der Waals surface area contributed by atoms with Crippen molar-refractivity contribution in [2.75, 3.05) is 26.9 Å². The minimum absolute atomic E-state index is 0.0984. The summed E-state index contributed by atoms with van der Waals surface area (Å²) in [5.74, 6) is -0.621. The molecule has 2 atom stereocenters. The smallest absolute Gasteiger partial charge is 0.332 e. The van der Waals surface area contributed by atoms with Crippen molar-refractivity contribution in [1.82, 2.24) is 29.4 Å². The topological polar surface area (TPSA) is 142 Å². The lowest BCUT2D eigenvalue weighted by molar-refractivity contribution is -0.126. The molecule has 3 aromatic heterocycles. The van der Waals surface area contributed by atoms with Crippen LogP contribution in [-0.2, 0) is 16.1 Å². The Morgan fingerprint density at radius 1 is 1.26 bits per heavy atom. The zero-order chi connectivity index (χ0) is 27.7. The van der Waals surface area contributed by atoms with Crippen LogP contribution in [0.5, 0.6) is 5.75 Å². The molecule has 4 heterocycles. The number of fused-ring (bicyclic) bond motifs is 1. The number of ether oxygens (including phenoxy) is 2. The number of hydrogen-bond acceptors (Lipinski definition) is 9. The number of nitrogens with zero attached hydrogens (tertiary/aromatic N) is 5.